The van der Waals surface area contributed by atoms with Crippen molar-refractivity contribution in [2.45, 2.75) is 25.7 Å². The van der Waals surface area contributed by atoms with E-state index < -0.39 is 10.0 Å². The zero-order chi connectivity index (χ0) is 21.2. The van der Waals surface area contributed by atoms with Crippen LogP contribution in [0.2, 0.25) is 5.02 Å². The van der Waals surface area contributed by atoms with Crippen LogP contribution in [0.5, 0.6) is 0 Å². The summed E-state index contributed by atoms with van der Waals surface area (Å²) in [5, 5.41) is 3.36. The van der Waals surface area contributed by atoms with Gasteiger partial charge >= 0.3 is 0 Å². The molecule has 7 heteroatoms. The van der Waals surface area contributed by atoms with Crippen molar-refractivity contribution in [3.63, 3.8) is 0 Å². The first-order valence-corrected chi connectivity index (χ1v) is 10.8. The Kier molecular flexibility index (Phi) is 5.96. The molecular weight excluding hydrogens is 408 g/mol. The zero-order valence-corrected chi connectivity index (χ0v) is 17.9. The zero-order valence-electron chi connectivity index (χ0n) is 16.3. The number of rotatable bonds is 5. The van der Waals surface area contributed by atoms with E-state index in [2.05, 4.69) is 10.0 Å². The van der Waals surface area contributed by atoms with Gasteiger partial charge in [0.15, 0.2) is 0 Å². The molecule has 5 nitrogen and oxygen atoms in total. The van der Waals surface area contributed by atoms with Crippen LogP contribution in [0.1, 0.15) is 27.0 Å². The molecule has 0 radical (unpaired) electrons. The summed E-state index contributed by atoms with van der Waals surface area (Å²) in [5.74, 6) is -0.311. The van der Waals surface area contributed by atoms with Crippen LogP contribution in [-0.2, 0) is 10.0 Å². The second-order valence-electron chi connectivity index (χ2n) is 6.81. The number of hydrogen-bond acceptors (Lipinski definition) is 3. The summed E-state index contributed by atoms with van der Waals surface area (Å²) < 4.78 is 27.9. The monoisotopic (exact) mass is 428 g/mol. The third-order valence-electron chi connectivity index (χ3n) is 4.59. The van der Waals surface area contributed by atoms with Crippen LogP contribution < -0.4 is 10.0 Å². The Morgan fingerprint density at radius 3 is 2.10 bits per heavy atom. The summed E-state index contributed by atoms with van der Waals surface area (Å²) in [4.78, 5) is 12.8. The van der Waals surface area contributed by atoms with E-state index in [1.165, 1.54) is 30.3 Å². The maximum atomic E-state index is 12.8. The second kappa shape index (κ2) is 8.27. The highest BCUT2D eigenvalue weighted by atomic mass is 35.5. The minimum Gasteiger partial charge on any atom is -0.322 e. The van der Waals surface area contributed by atoms with Crippen molar-refractivity contribution in [3.05, 3.63) is 87.9 Å². The van der Waals surface area contributed by atoms with Gasteiger partial charge < -0.3 is 5.32 Å². The summed E-state index contributed by atoms with van der Waals surface area (Å²) in [7, 11) is -3.81. The number of anilines is 2. The number of aryl methyl sites for hydroxylation is 3. The van der Waals surface area contributed by atoms with E-state index in [9.17, 15) is 13.2 Å². The molecule has 29 heavy (non-hydrogen) atoms. The highest BCUT2D eigenvalue weighted by Crippen LogP contribution is 2.24. The second-order valence-corrected chi connectivity index (χ2v) is 8.93. The minimum absolute atomic E-state index is 0.0895. The fourth-order valence-corrected chi connectivity index (χ4v) is 4.14. The summed E-state index contributed by atoms with van der Waals surface area (Å²) >= 11 is 5.83. The normalized spacial score (nSPS) is 11.2. The van der Waals surface area contributed by atoms with Crippen LogP contribution in [0.25, 0.3) is 0 Å². The van der Waals surface area contributed by atoms with Gasteiger partial charge in [0.1, 0.15) is 0 Å². The maximum Gasteiger partial charge on any atom is 0.261 e. The highest BCUT2D eigenvalue weighted by molar-refractivity contribution is 7.92. The molecule has 0 bridgehead atoms. The topological polar surface area (TPSA) is 75.3 Å². The van der Waals surface area contributed by atoms with Crippen LogP contribution in [-0.4, -0.2) is 14.3 Å². The molecule has 150 valence electrons. The lowest BCUT2D eigenvalue weighted by Crippen LogP contribution is -2.16. The predicted molar refractivity (Wildman–Crippen MR) is 117 cm³/mol. The van der Waals surface area contributed by atoms with Crippen LogP contribution in [0.4, 0.5) is 11.4 Å². The SMILES string of the molecule is Cc1ccc(C(=O)Nc2c(C)cccc2C)cc1NS(=O)(=O)c1ccc(Cl)cc1. The number of nitrogens with one attached hydrogen (secondary N) is 2. The molecule has 0 atom stereocenters. The number of para-hydroxylation sites is 1. The molecule has 0 aliphatic heterocycles. The quantitative estimate of drug-likeness (QED) is 0.577. The first-order valence-electron chi connectivity index (χ1n) is 8.94. The third-order valence-corrected chi connectivity index (χ3v) is 6.22. The molecule has 0 heterocycles. The lowest BCUT2D eigenvalue weighted by molar-refractivity contribution is 0.102. The van der Waals surface area contributed by atoms with Crippen LogP contribution in [0.3, 0.4) is 0 Å². The van der Waals surface area contributed by atoms with Gasteiger partial charge in [-0.15, -0.1) is 0 Å². The van der Waals surface area contributed by atoms with Crippen molar-refractivity contribution < 1.29 is 13.2 Å². The van der Waals surface area contributed by atoms with Gasteiger partial charge in [0.05, 0.1) is 10.6 Å². The Morgan fingerprint density at radius 1 is 0.862 bits per heavy atom. The maximum absolute atomic E-state index is 12.8. The van der Waals surface area contributed by atoms with Crippen LogP contribution >= 0.6 is 11.6 Å². The molecule has 3 rings (SSSR count). The van der Waals surface area contributed by atoms with Gasteiger partial charge in [-0.3, -0.25) is 9.52 Å². The first-order chi connectivity index (χ1) is 13.7. The average Bonchev–Trinajstić information content (AvgIpc) is 2.66. The molecule has 2 N–H and O–H groups in total. The minimum atomic E-state index is -3.81. The van der Waals surface area contributed by atoms with Gasteiger partial charge in [-0.2, -0.15) is 0 Å². The summed E-state index contributed by atoms with van der Waals surface area (Å²) in [6, 6.07) is 16.6. The van der Waals surface area contributed by atoms with E-state index in [1.54, 1.807) is 19.1 Å². The molecule has 0 fully saturated rings. The number of halogens is 1. The van der Waals surface area contributed by atoms with Crippen molar-refractivity contribution in [1.82, 2.24) is 0 Å². The van der Waals surface area contributed by atoms with Gasteiger partial charge in [-0.25, -0.2) is 8.42 Å². The molecule has 3 aromatic carbocycles. The molecule has 3 aromatic rings. The van der Waals surface area contributed by atoms with Gasteiger partial charge in [0.25, 0.3) is 15.9 Å². The predicted octanol–water partition coefficient (Wildman–Crippen LogP) is 5.32. The summed E-state index contributed by atoms with van der Waals surface area (Å²) in [6.45, 7) is 5.61. The number of amides is 1. The van der Waals surface area contributed by atoms with E-state index in [1.807, 2.05) is 32.0 Å². The summed E-state index contributed by atoms with van der Waals surface area (Å²) in [5.41, 5.74) is 4.05. The van der Waals surface area contributed by atoms with E-state index in [4.69, 9.17) is 11.6 Å². The smallest absolute Gasteiger partial charge is 0.261 e. The van der Waals surface area contributed by atoms with Gasteiger partial charge in [-0.05, 0) is 73.9 Å². The molecule has 0 aliphatic rings. The van der Waals surface area contributed by atoms with Gasteiger partial charge in [-0.1, -0.05) is 35.9 Å². The van der Waals surface area contributed by atoms with Crippen molar-refractivity contribution in [1.29, 1.82) is 0 Å². The lowest BCUT2D eigenvalue weighted by atomic mass is 10.1. The Hall–Kier alpha value is -2.83. The van der Waals surface area contributed by atoms with Crippen molar-refractivity contribution in [2.24, 2.45) is 0 Å². The number of hydrogen-bond donors (Lipinski definition) is 2. The summed E-state index contributed by atoms with van der Waals surface area (Å²) in [6.07, 6.45) is 0. The molecule has 1 amide bonds. The molecule has 0 saturated carbocycles. The number of sulfonamides is 1. The van der Waals surface area contributed by atoms with E-state index in [-0.39, 0.29) is 10.8 Å². The number of carbonyl (C=O) groups is 1. The van der Waals surface area contributed by atoms with Gasteiger partial charge in [0, 0.05) is 16.3 Å². The van der Waals surface area contributed by atoms with E-state index >= 15 is 0 Å². The molecule has 0 aliphatic carbocycles. The Balaban J connectivity index is 1.88. The average molecular weight is 429 g/mol. The van der Waals surface area contributed by atoms with Crippen LogP contribution in [0.15, 0.2) is 65.6 Å². The Labute approximate surface area is 175 Å². The molecular formula is C22H21ClN2O3S. The molecule has 0 unspecified atom stereocenters. The molecule has 0 saturated heterocycles. The molecule has 0 aromatic heterocycles. The van der Waals surface area contributed by atoms with Crippen molar-refractivity contribution in [3.8, 4) is 0 Å². The largest absolute Gasteiger partial charge is 0.322 e. The van der Waals surface area contributed by atoms with Crippen LogP contribution in [0, 0.1) is 20.8 Å². The van der Waals surface area contributed by atoms with Crippen molar-refractivity contribution in [2.75, 3.05) is 10.0 Å². The first kappa shape index (κ1) is 20.9. The fourth-order valence-electron chi connectivity index (χ4n) is 2.89. The number of benzene rings is 3. The molecule has 0 spiro atoms. The van der Waals surface area contributed by atoms with Gasteiger partial charge in [0.2, 0.25) is 0 Å². The fraction of sp³-hybridized carbons (Fsp3) is 0.136. The Morgan fingerprint density at radius 2 is 1.48 bits per heavy atom. The van der Waals surface area contributed by atoms with E-state index in [0.717, 1.165) is 16.8 Å². The lowest BCUT2D eigenvalue weighted by Gasteiger charge is -2.14. The van der Waals surface area contributed by atoms with E-state index in [0.29, 0.717) is 21.8 Å². The van der Waals surface area contributed by atoms with Crippen molar-refractivity contribution >= 4 is 38.9 Å². The standard InChI is InChI=1S/C22H21ClN2O3S/c1-14-7-8-17(22(26)24-21-15(2)5-4-6-16(21)3)13-20(14)25-29(27,28)19-11-9-18(23)10-12-19/h4-13,25H,1-3H3,(H,24,26). The highest BCUT2D eigenvalue weighted by Gasteiger charge is 2.17. The third kappa shape index (κ3) is 4.78. The number of carbonyl (C=O) groups excluding carboxylic acids is 1. The Bertz CT molecular complexity index is 1150.